The topological polar surface area (TPSA) is 93.4 Å². The zero-order chi connectivity index (χ0) is 14.4. The number of hydrogen-bond acceptors (Lipinski definition) is 4. The fourth-order valence-electron chi connectivity index (χ4n) is 1.34. The highest BCUT2D eigenvalue weighted by atomic mass is 19.2. The smallest absolute Gasteiger partial charge is 0.340 e. The third-order valence-electron chi connectivity index (χ3n) is 2.23. The van der Waals surface area contributed by atoms with Crippen LogP contribution < -0.4 is 16.4 Å². The van der Waals surface area contributed by atoms with Crippen molar-refractivity contribution in [1.82, 2.24) is 5.32 Å². The van der Waals surface area contributed by atoms with Gasteiger partial charge in [-0.1, -0.05) is 0 Å². The molecule has 104 valence electrons. The summed E-state index contributed by atoms with van der Waals surface area (Å²) < 4.78 is 31.4. The molecule has 8 heteroatoms. The molecule has 0 aliphatic carbocycles. The van der Waals surface area contributed by atoms with Gasteiger partial charge in [-0.05, 0) is 12.1 Å². The molecule has 19 heavy (non-hydrogen) atoms. The molecule has 0 aliphatic heterocycles. The zero-order valence-corrected chi connectivity index (χ0v) is 10.1. The Morgan fingerprint density at radius 2 is 1.95 bits per heavy atom. The number of primary amides is 1. The Morgan fingerprint density at radius 3 is 2.53 bits per heavy atom. The largest absolute Gasteiger partial charge is 0.465 e. The number of esters is 1. The Morgan fingerprint density at radius 1 is 1.26 bits per heavy atom. The molecule has 0 atom stereocenters. The number of amides is 2. The molecule has 1 rings (SSSR count). The Bertz CT molecular complexity index is 494. The fourth-order valence-corrected chi connectivity index (χ4v) is 1.34. The number of urea groups is 1. The van der Waals surface area contributed by atoms with Gasteiger partial charge in [0.25, 0.3) is 0 Å². The number of benzene rings is 1. The van der Waals surface area contributed by atoms with Crippen molar-refractivity contribution in [1.29, 1.82) is 0 Å². The van der Waals surface area contributed by atoms with Gasteiger partial charge in [0.05, 0.1) is 18.4 Å². The lowest BCUT2D eigenvalue weighted by Crippen LogP contribution is -2.33. The van der Waals surface area contributed by atoms with Gasteiger partial charge in [-0.25, -0.2) is 18.4 Å². The minimum absolute atomic E-state index is 0.128. The maximum atomic E-state index is 13.6. The van der Waals surface area contributed by atoms with Crippen molar-refractivity contribution in [2.75, 3.05) is 25.5 Å². The molecular weight excluding hydrogens is 260 g/mol. The second kappa shape index (κ2) is 6.53. The highest BCUT2D eigenvalue weighted by Crippen LogP contribution is 2.20. The highest BCUT2D eigenvalue weighted by molar-refractivity contribution is 5.90. The number of hydrogen-bond donors (Lipinski definition) is 3. The molecule has 6 nitrogen and oxygen atoms in total. The van der Waals surface area contributed by atoms with E-state index < -0.39 is 29.2 Å². The predicted octanol–water partition coefficient (Wildman–Crippen LogP) is 0.832. The van der Waals surface area contributed by atoms with Crippen molar-refractivity contribution in [3.05, 3.63) is 29.3 Å². The van der Waals surface area contributed by atoms with Crippen molar-refractivity contribution < 1.29 is 23.1 Å². The fraction of sp³-hybridized carbons (Fsp3) is 0.273. The normalized spacial score (nSPS) is 9.84. The standard InChI is InChI=1S/C11H13F2N3O3/c1-19-10(17)6-2-3-7(9(13)8(6)12)15-4-5-16-11(14)18/h2-3,15H,4-5H2,1H3,(H3,14,16,18). The summed E-state index contributed by atoms with van der Waals surface area (Å²) in [5, 5.41) is 4.83. The molecule has 2 amide bonds. The Kier molecular flexibility index (Phi) is 5.04. The van der Waals surface area contributed by atoms with Gasteiger partial charge in [-0.3, -0.25) is 0 Å². The van der Waals surface area contributed by atoms with Gasteiger partial charge >= 0.3 is 12.0 Å². The monoisotopic (exact) mass is 273 g/mol. The summed E-state index contributed by atoms with van der Waals surface area (Å²) >= 11 is 0. The van der Waals surface area contributed by atoms with Gasteiger partial charge in [0.1, 0.15) is 0 Å². The molecule has 0 unspecified atom stereocenters. The summed E-state index contributed by atoms with van der Waals surface area (Å²) in [6.45, 7) is 0.298. The van der Waals surface area contributed by atoms with Crippen molar-refractivity contribution >= 4 is 17.7 Å². The summed E-state index contributed by atoms with van der Waals surface area (Å²) in [6, 6.07) is 1.60. The van der Waals surface area contributed by atoms with Crippen LogP contribution in [0.1, 0.15) is 10.4 Å². The van der Waals surface area contributed by atoms with E-state index >= 15 is 0 Å². The second-order valence-corrected chi connectivity index (χ2v) is 3.50. The summed E-state index contributed by atoms with van der Waals surface area (Å²) in [4.78, 5) is 21.5. The lowest BCUT2D eigenvalue weighted by molar-refractivity contribution is 0.0594. The maximum absolute atomic E-state index is 13.6. The first-order chi connectivity index (χ1) is 8.97. The number of methoxy groups -OCH3 is 1. The molecule has 0 saturated carbocycles. The molecule has 0 aliphatic rings. The molecule has 0 bridgehead atoms. The van der Waals surface area contributed by atoms with Crippen LogP contribution in [0.2, 0.25) is 0 Å². The van der Waals surface area contributed by atoms with Gasteiger partial charge in [0, 0.05) is 13.1 Å². The summed E-state index contributed by atoms with van der Waals surface area (Å²) in [5.41, 5.74) is 4.22. The van der Waals surface area contributed by atoms with Crippen LogP contribution in [0.5, 0.6) is 0 Å². The van der Waals surface area contributed by atoms with E-state index in [9.17, 15) is 18.4 Å². The van der Waals surface area contributed by atoms with E-state index in [1.807, 2.05) is 0 Å². The summed E-state index contributed by atoms with van der Waals surface area (Å²) in [7, 11) is 1.07. The summed E-state index contributed by atoms with van der Waals surface area (Å²) in [5.74, 6) is -3.44. The molecule has 0 heterocycles. The molecule has 0 aromatic heterocycles. The average Bonchev–Trinajstić information content (AvgIpc) is 2.38. The van der Waals surface area contributed by atoms with Crippen molar-refractivity contribution in [2.24, 2.45) is 5.73 Å². The van der Waals surface area contributed by atoms with E-state index in [1.165, 1.54) is 6.07 Å². The van der Waals surface area contributed by atoms with Crippen LogP contribution in [0.3, 0.4) is 0 Å². The van der Waals surface area contributed by atoms with Crippen molar-refractivity contribution in [3.63, 3.8) is 0 Å². The quantitative estimate of drug-likeness (QED) is 0.547. The van der Waals surface area contributed by atoms with Crippen LogP contribution >= 0.6 is 0 Å². The van der Waals surface area contributed by atoms with Crippen molar-refractivity contribution in [3.8, 4) is 0 Å². The molecule has 0 fully saturated rings. The third-order valence-corrected chi connectivity index (χ3v) is 2.23. The molecule has 4 N–H and O–H groups in total. The number of nitrogens with two attached hydrogens (primary N) is 1. The van der Waals surface area contributed by atoms with E-state index in [0.29, 0.717) is 0 Å². The zero-order valence-electron chi connectivity index (χ0n) is 10.1. The Labute approximate surface area is 107 Å². The van der Waals surface area contributed by atoms with Crippen LogP contribution in [-0.4, -0.2) is 32.2 Å². The number of carbonyl (C=O) groups is 2. The highest BCUT2D eigenvalue weighted by Gasteiger charge is 2.18. The first-order valence-corrected chi connectivity index (χ1v) is 5.31. The Hall–Kier alpha value is -2.38. The molecule has 0 saturated heterocycles. The number of nitrogens with one attached hydrogen (secondary N) is 2. The van der Waals surface area contributed by atoms with Crippen LogP contribution in [0.15, 0.2) is 12.1 Å². The first-order valence-electron chi connectivity index (χ1n) is 5.31. The number of rotatable bonds is 5. The van der Waals surface area contributed by atoms with Crippen LogP contribution in [0.25, 0.3) is 0 Å². The third kappa shape index (κ3) is 3.80. The van der Waals surface area contributed by atoms with E-state index in [2.05, 4.69) is 15.4 Å². The lowest BCUT2D eigenvalue weighted by atomic mass is 10.2. The molecule has 1 aromatic carbocycles. The second-order valence-electron chi connectivity index (χ2n) is 3.50. The van der Waals surface area contributed by atoms with Crippen molar-refractivity contribution in [2.45, 2.75) is 0 Å². The predicted molar refractivity (Wildman–Crippen MR) is 63.8 cm³/mol. The minimum atomic E-state index is -1.29. The first kappa shape index (κ1) is 14.7. The van der Waals surface area contributed by atoms with E-state index in [1.54, 1.807) is 0 Å². The van der Waals surface area contributed by atoms with Crippen LogP contribution in [0.4, 0.5) is 19.3 Å². The maximum Gasteiger partial charge on any atom is 0.340 e. The number of carbonyl (C=O) groups excluding carboxylic acids is 2. The van der Waals surface area contributed by atoms with Gasteiger partial charge < -0.3 is 21.1 Å². The van der Waals surface area contributed by atoms with E-state index in [4.69, 9.17) is 5.73 Å². The van der Waals surface area contributed by atoms with Gasteiger partial charge in [0.15, 0.2) is 11.6 Å². The number of halogens is 2. The van der Waals surface area contributed by atoms with Crippen LogP contribution in [-0.2, 0) is 4.74 Å². The lowest BCUT2D eigenvalue weighted by Gasteiger charge is -2.10. The number of anilines is 1. The summed E-state index contributed by atoms with van der Waals surface area (Å²) in [6.07, 6.45) is 0. The Balaban J connectivity index is 2.74. The molecule has 1 aromatic rings. The minimum Gasteiger partial charge on any atom is -0.465 e. The average molecular weight is 273 g/mol. The molecule has 0 radical (unpaired) electrons. The SMILES string of the molecule is COC(=O)c1ccc(NCCNC(N)=O)c(F)c1F. The van der Waals surface area contributed by atoms with Gasteiger partial charge in [-0.2, -0.15) is 0 Å². The molecular formula is C11H13F2N3O3. The van der Waals surface area contributed by atoms with Gasteiger partial charge in [0.2, 0.25) is 0 Å². The van der Waals surface area contributed by atoms with Gasteiger partial charge in [-0.15, -0.1) is 0 Å². The number of ether oxygens (including phenoxy) is 1. The van der Waals surface area contributed by atoms with E-state index in [0.717, 1.165) is 13.2 Å². The van der Waals surface area contributed by atoms with E-state index in [-0.39, 0.29) is 18.8 Å². The molecule has 0 spiro atoms. The van der Waals surface area contributed by atoms with Crippen LogP contribution in [0, 0.1) is 11.6 Å².